The average Bonchev–Trinajstić information content (AvgIpc) is 3.77. The molecule has 2 saturated heterocycles. The van der Waals surface area contributed by atoms with E-state index in [9.17, 15) is 24.6 Å². The molecule has 1 spiro atoms. The highest BCUT2D eigenvalue weighted by molar-refractivity contribution is 6.24. The van der Waals surface area contributed by atoms with Gasteiger partial charge >= 0.3 is 18.0 Å². The number of urea groups is 1. The number of anilines is 1. The van der Waals surface area contributed by atoms with Crippen LogP contribution in [0.25, 0.3) is 0 Å². The number of carboxylic acids is 1. The van der Waals surface area contributed by atoms with Crippen LogP contribution < -0.4 is 10.2 Å². The molecule has 11 nitrogen and oxygen atoms in total. The standard InChI is InChI=1S/C53H46N4O7/c1-34(37-19-9-4-10-20-37)54-52(63)56-43-30-25-35(18-15-31-55(2)33-36-16-7-3-8-17-36)32-42(43)53(51(56)62)44(49(59)60)46-50(61)64-47(39-23-13-6-14-24-39)45(38-21-11-5-12-22-38)57(46)48(53)40-26-28-41(58)29-27-40/h3-14,16-17,19-30,32,34,44-48,58H,31,33H2,1-2H3,(H,54,63)(H,59,60)/t34-,44-,45-,46-,47+,48+,53-/m1/s1. The van der Waals surface area contributed by atoms with Crippen LogP contribution in [0.1, 0.15) is 70.1 Å². The zero-order chi connectivity index (χ0) is 44.5. The lowest BCUT2D eigenvalue weighted by molar-refractivity contribution is -0.179. The molecule has 64 heavy (non-hydrogen) atoms. The number of ether oxygens (including phenoxy) is 1. The van der Waals surface area contributed by atoms with Crippen molar-refractivity contribution in [1.29, 1.82) is 0 Å². The Morgan fingerprint density at radius 2 is 1.39 bits per heavy atom. The third kappa shape index (κ3) is 7.36. The molecule has 0 aromatic heterocycles. The quantitative estimate of drug-likeness (QED) is 0.0973. The molecular formula is C53H46N4O7. The van der Waals surface area contributed by atoms with Crippen molar-refractivity contribution in [3.63, 3.8) is 0 Å². The molecule has 3 heterocycles. The molecule has 3 aliphatic heterocycles. The first-order valence-corrected chi connectivity index (χ1v) is 21.2. The molecule has 2 fully saturated rings. The maximum absolute atomic E-state index is 16.1. The zero-order valence-electron chi connectivity index (χ0n) is 35.2. The lowest BCUT2D eigenvalue weighted by atomic mass is 9.65. The van der Waals surface area contributed by atoms with Crippen LogP contribution >= 0.6 is 0 Å². The van der Waals surface area contributed by atoms with E-state index in [1.807, 2.05) is 133 Å². The highest BCUT2D eigenvalue weighted by Gasteiger charge is 2.76. The summed E-state index contributed by atoms with van der Waals surface area (Å²) in [5.41, 5.74) is 2.55. The number of aliphatic carboxylic acids is 1. The van der Waals surface area contributed by atoms with E-state index in [0.717, 1.165) is 21.6 Å². The SMILES string of the molecule is C[C@@H](NC(=O)N1C(=O)[C@@]2(c3cc(C#CCN(C)Cc4ccccc4)ccc31)[C@H](c1ccc(O)cc1)N1[C@H](c3ccccc3)[C@H](c3ccccc3)OC(=O)[C@H]1[C@@H]2C(=O)O)c1ccccc1. The maximum Gasteiger partial charge on any atom is 0.329 e. The highest BCUT2D eigenvalue weighted by Crippen LogP contribution is 2.66. The van der Waals surface area contributed by atoms with Crippen LogP contribution in [0.2, 0.25) is 0 Å². The molecule has 0 bridgehead atoms. The Bertz CT molecular complexity index is 2760. The zero-order valence-corrected chi connectivity index (χ0v) is 35.2. The number of nitrogens with one attached hydrogen (secondary N) is 1. The summed E-state index contributed by atoms with van der Waals surface area (Å²) in [6.07, 6.45) is -0.927. The van der Waals surface area contributed by atoms with Crippen molar-refractivity contribution >= 4 is 29.6 Å². The van der Waals surface area contributed by atoms with Crippen LogP contribution in [0.5, 0.6) is 5.75 Å². The predicted molar refractivity (Wildman–Crippen MR) is 241 cm³/mol. The van der Waals surface area contributed by atoms with Crippen LogP contribution in [0.4, 0.5) is 10.5 Å². The molecule has 11 heteroatoms. The van der Waals surface area contributed by atoms with Gasteiger partial charge in [-0.25, -0.2) is 9.69 Å². The number of carboxylic acid groups (broad SMARTS) is 1. The molecule has 320 valence electrons. The Morgan fingerprint density at radius 1 is 0.781 bits per heavy atom. The van der Waals surface area contributed by atoms with Gasteiger partial charge in [-0.2, -0.15) is 0 Å². The fourth-order valence-corrected chi connectivity index (χ4v) is 9.92. The van der Waals surface area contributed by atoms with Gasteiger partial charge in [0.15, 0.2) is 0 Å². The smallest absolute Gasteiger partial charge is 0.329 e. The number of rotatable bonds is 9. The topological polar surface area (TPSA) is 140 Å². The molecule has 3 N–H and O–H groups in total. The van der Waals surface area contributed by atoms with E-state index in [0.29, 0.717) is 29.8 Å². The van der Waals surface area contributed by atoms with Crippen LogP contribution in [-0.2, 0) is 31.1 Å². The number of hydrogen-bond donors (Lipinski definition) is 3. The number of hydrogen-bond acceptors (Lipinski definition) is 8. The summed E-state index contributed by atoms with van der Waals surface area (Å²) in [6.45, 7) is 2.87. The molecule has 7 atom stereocenters. The van der Waals surface area contributed by atoms with E-state index < -0.39 is 65.5 Å². The van der Waals surface area contributed by atoms with Gasteiger partial charge in [0.25, 0.3) is 0 Å². The number of amides is 3. The van der Waals surface area contributed by atoms with Crippen LogP contribution in [0.3, 0.4) is 0 Å². The number of phenolic OH excluding ortho intramolecular Hbond substituents is 1. The summed E-state index contributed by atoms with van der Waals surface area (Å²) in [6, 6.07) is 44.4. The van der Waals surface area contributed by atoms with Crippen molar-refractivity contribution < 1.29 is 34.1 Å². The minimum atomic E-state index is -2.12. The summed E-state index contributed by atoms with van der Waals surface area (Å²) < 4.78 is 6.37. The first-order valence-electron chi connectivity index (χ1n) is 21.2. The number of benzene rings is 6. The number of morpholine rings is 1. The van der Waals surface area contributed by atoms with E-state index in [1.54, 1.807) is 37.3 Å². The van der Waals surface area contributed by atoms with Gasteiger partial charge in [-0.05, 0) is 77.7 Å². The van der Waals surface area contributed by atoms with Crippen molar-refractivity contribution in [1.82, 2.24) is 15.1 Å². The summed E-state index contributed by atoms with van der Waals surface area (Å²) in [5.74, 6) is 1.62. The van der Waals surface area contributed by atoms with E-state index in [2.05, 4.69) is 22.1 Å². The average molecular weight is 851 g/mol. The Kier molecular flexibility index (Phi) is 11.3. The molecule has 0 unspecified atom stereocenters. The Hall–Kier alpha value is -7.52. The fraction of sp³-hybridized carbons (Fsp3) is 0.208. The van der Waals surface area contributed by atoms with E-state index in [4.69, 9.17) is 4.74 Å². The second-order valence-corrected chi connectivity index (χ2v) is 16.6. The predicted octanol–water partition coefficient (Wildman–Crippen LogP) is 8.10. The number of fused-ring (bicyclic) bond motifs is 3. The molecule has 0 radical (unpaired) electrons. The lowest BCUT2D eigenvalue weighted by Crippen LogP contribution is -2.54. The van der Waals surface area contributed by atoms with Gasteiger partial charge < -0.3 is 20.3 Å². The molecule has 0 aliphatic carbocycles. The number of aromatic hydroxyl groups is 1. The number of carbonyl (C=O) groups excluding carboxylic acids is 3. The number of nitrogens with zero attached hydrogens (tertiary/aromatic N) is 3. The first kappa shape index (κ1) is 41.8. The molecule has 6 aromatic rings. The van der Waals surface area contributed by atoms with Gasteiger partial charge in [-0.1, -0.05) is 145 Å². The van der Waals surface area contributed by atoms with E-state index in [-0.39, 0.29) is 17.0 Å². The van der Waals surface area contributed by atoms with Crippen molar-refractivity contribution in [2.45, 2.75) is 49.2 Å². The summed E-state index contributed by atoms with van der Waals surface area (Å²) >= 11 is 0. The molecule has 6 aromatic carbocycles. The van der Waals surface area contributed by atoms with Crippen molar-refractivity contribution in [3.05, 3.63) is 203 Å². The maximum atomic E-state index is 16.1. The second kappa shape index (κ2) is 17.3. The van der Waals surface area contributed by atoms with Gasteiger partial charge in [-0.3, -0.25) is 24.2 Å². The third-order valence-electron chi connectivity index (χ3n) is 12.7. The number of phenols is 1. The van der Waals surface area contributed by atoms with Crippen molar-refractivity contribution in [2.75, 3.05) is 18.5 Å². The Balaban J connectivity index is 1.26. The van der Waals surface area contributed by atoms with Crippen LogP contribution in [0.15, 0.2) is 164 Å². The number of cyclic esters (lactones) is 1. The third-order valence-corrected chi connectivity index (χ3v) is 12.7. The van der Waals surface area contributed by atoms with Crippen LogP contribution in [-0.4, -0.2) is 63.5 Å². The summed E-state index contributed by atoms with van der Waals surface area (Å²) in [4.78, 5) is 64.9. The van der Waals surface area contributed by atoms with E-state index in [1.165, 1.54) is 12.1 Å². The van der Waals surface area contributed by atoms with Gasteiger partial charge in [0, 0.05) is 12.1 Å². The molecular weight excluding hydrogens is 805 g/mol. The van der Waals surface area contributed by atoms with E-state index >= 15 is 4.79 Å². The Morgan fingerprint density at radius 3 is 2.03 bits per heavy atom. The summed E-state index contributed by atoms with van der Waals surface area (Å²) in [7, 11) is 1.96. The van der Waals surface area contributed by atoms with Crippen molar-refractivity contribution in [3.8, 4) is 17.6 Å². The fourth-order valence-electron chi connectivity index (χ4n) is 9.92. The second-order valence-electron chi connectivity index (χ2n) is 16.6. The van der Waals surface area contributed by atoms with Crippen LogP contribution in [0, 0.1) is 17.8 Å². The number of carbonyl (C=O) groups is 4. The minimum absolute atomic E-state index is 0.0502. The normalized spacial score (nSPS) is 22.9. The number of esters is 1. The molecule has 9 rings (SSSR count). The molecule has 3 aliphatic rings. The van der Waals surface area contributed by atoms with Crippen molar-refractivity contribution in [2.24, 2.45) is 5.92 Å². The molecule has 3 amide bonds. The first-order chi connectivity index (χ1) is 31.1. The van der Waals surface area contributed by atoms with Gasteiger partial charge in [-0.15, -0.1) is 0 Å². The lowest BCUT2D eigenvalue weighted by Gasteiger charge is -2.46. The van der Waals surface area contributed by atoms with Gasteiger partial charge in [0.2, 0.25) is 5.91 Å². The van der Waals surface area contributed by atoms with Gasteiger partial charge in [0.1, 0.15) is 29.2 Å². The number of imide groups is 1. The monoisotopic (exact) mass is 850 g/mol. The van der Waals surface area contributed by atoms with Gasteiger partial charge in [0.05, 0.1) is 30.4 Å². The Labute approximate surface area is 371 Å². The summed E-state index contributed by atoms with van der Waals surface area (Å²) in [5, 5.41) is 25.2. The largest absolute Gasteiger partial charge is 0.508 e. The highest BCUT2D eigenvalue weighted by atomic mass is 16.6. The minimum Gasteiger partial charge on any atom is -0.508 e. The molecule has 0 saturated carbocycles.